The van der Waals surface area contributed by atoms with Crippen molar-refractivity contribution in [3.05, 3.63) is 53.0 Å². The molecule has 1 aliphatic heterocycles. The molecule has 140 valence electrons. The molecule has 4 rings (SSSR count). The summed E-state index contributed by atoms with van der Waals surface area (Å²) in [5, 5.41) is 0.909. The highest BCUT2D eigenvalue weighted by molar-refractivity contribution is 9.10. The van der Waals surface area contributed by atoms with E-state index in [1.807, 2.05) is 30.3 Å². The zero-order chi connectivity index (χ0) is 18.8. The summed E-state index contributed by atoms with van der Waals surface area (Å²) in [7, 11) is 0. The third-order valence-electron chi connectivity index (χ3n) is 5.07. The number of aromatic nitrogens is 2. The summed E-state index contributed by atoms with van der Waals surface area (Å²) in [6.07, 6.45) is 2.69. The van der Waals surface area contributed by atoms with Gasteiger partial charge in [0, 0.05) is 41.6 Å². The van der Waals surface area contributed by atoms with Crippen LogP contribution in [0.3, 0.4) is 0 Å². The molecule has 1 aromatic heterocycles. The highest BCUT2D eigenvalue weighted by Crippen LogP contribution is 2.31. The third-order valence-corrected chi connectivity index (χ3v) is 5.56. The van der Waals surface area contributed by atoms with Crippen LogP contribution in [0, 0.1) is 5.82 Å². The van der Waals surface area contributed by atoms with E-state index in [-0.39, 0.29) is 5.82 Å². The number of halogens is 2. The third kappa shape index (κ3) is 3.82. The van der Waals surface area contributed by atoms with Crippen LogP contribution in [0.1, 0.15) is 13.3 Å². The van der Waals surface area contributed by atoms with Crippen molar-refractivity contribution in [1.82, 2.24) is 14.9 Å². The van der Waals surface area contributed by atoms with Gasteiger partial charge < -0.3 is 4.90 Å². The van der Waals surface area contributed by atoms with E-state index in [0.717, 1.165) is 65.8 Å². The number of nitrogens with zero attached hydrogens (tertiary/aromatic N) is 4. The standard InChI is InChI=1S/C21H22BrFN4/c1-2-7-26-8-10-27(11-9-26)20-6-3-15(12-18(20)23)21-17-13-16(22)4-5-19(17)24-14-25-21/h3-6,12-14H,2,7-11H2,1H3. The summed E-state index contributed by atoms with van der Waals surface area (Å²) >= 11 is 3.49. The number of hydrogen-bond donors (Lipinski definition) is 0. The lowest BCUT2D eigenvalue weighted by Gasteiger charge is -2.36. The Kier molecular flexibility index (Phi) is 5.36. The molecule has 0 saturated carbocycles. The van der Waals surface area contributed by atoms with Gasteiger partial charge in [-0.05, 0) is 43.3 Å². The van der Waals surface area contributed by atoms with Gasteiger partial charge in [0.1, 0.15) is 12.1 Å². The molecule has 0 spiro atoms. The van der Waals surface area contributed by atoms with E-state index in [1.54, 1.807) is 6.07 Å². The first-order valence-corrected chi connectivity index (χ1v) is 10.1. The van der Waals surface area contributed by atoms with Crippen LogP contribution in [0.2, 0.25) is 0 Å². The van der Waals surface area contributed by atoms with Crippen molar-refractivity contribution in [2.24, 2.45) is 0 Å². The molecule has 6 heteroatoms. The maximum absolute atomic E-state index is 14.9. The van der Waals surface area contributed by atoms with Crippen LogP contribution in [-0.2, 0) is 0 Å². The molecule has 1 saturated heterocycles. The normalized spacial score (nSPS) is 15.4. The van der Waals surface area contributed by atoms with E-state index >= 15 is 0 Å². The first-order valence-electron chi connectivity index (χ1n) is 9.33. The predicted octanol–water partition coefficient (Wildman–Crippen LogP) is 4.73. The van der Waals surface area contributed by atoms with Crippen molar-refractivity contribution in [3.63, 3.8) is 0 Å². The Bertz CT molecular complexity index is 954. The summed E-state index contributed by atoms with van der Waals surface area (Å²) in [4.78, 5) is 13.3. The monoisotopic (exact) mass is 428 g/mol. The number of fused-ring (bicyclic) bond motifs is 1. The lowest BCUT2D eigenvalue weighted by Crippen LogP contribution is -2.46. The van der Waals surface area contributed by atoms with E-state index in [0.29, 0.717) is 5.69 Å². The highest BCUT2D eigenvalue weighted by atomic mass is 79.9. The number of piperazine rings is 1. The maximum atomic E-state index is 14.9. The average molecular weight is 429 g/mol. The molecule has 0 atom stereocenters. The molecular weight excluding hydrogens is 407 g/mol. The molecule has 2 aromatic carbocycles. The van der Waals surface area contributed by atoms with Crippen LogP contribution in [0.15, 0.2) is 47.2 Å². The second-order valence-electron chi connectivity index (χ2n) is 6.88. The Hall–Kier alpha value is -2.05. The number of rotatable bonds is 4. The Morgan fingerprint density at radius 3 is 2.59 bits per heavy atom. The van der Waals surface area contributed by atoms with Gasteiger partial charge in [-0.25, -0.2) is 14.4 Å². The summed E-state index contributed by atoms with van der Waals surface area (Å²) in [6.45, 7) is 7.00. The topological polar surface area (TPSA) is 32.3 Å². The summed E-state index contributed by atoms with van der Waals surface area (Å²) < 4.78 is 15.9. The van der Waals surface area contributed by atoms with E-state index < -0.39 is 0 Å². The van der Waals surface area contributed by atoms with Gasteiger partial charge in [0.05, 0.1) is 16.9 Å². The zero-order valence-corrected chi connectivity index (χ0v) is 16.9. The lowest BCUT2D eigenvalue weighted by atomic mass is 10.1. The fraction of sp³-hybridized carbons (Fsp3) is 0.333. The van der Waals surface area contributed by atoms with Crippen molar-refractivity contribution >= 4 is 32.5 Å². The molecule has 0 unspecified atom stereocenters. The minimum absolute atomic E-state index is 0.196. The fourth-order valence-electron chi connectivity index (χ4n) is 3.70. The Balaban J connectivity index is 1.62. The summed E-state index contributed by atoms with van der Waals surface area (Å²) in [5.41, 5.74) is 3.04. The Morgan fingerprint density at radius 2 is 1.85 bits per heavy atom. The molecular formula is C21H22BrFN4. The van der Waals surface area contributed by atoms with Crippen molar-refractivity contribution in [2.75, 3.05) is 37.6 Å². The molecule has 0 amide bonds. The first-order chi connectivity index (χ1) is 13.2. The molecule has 0 aliphatic carbocycles. The van der Waals surface area contributed by atoms with Crippen LogP contribution in [0.4, 0.5) is 10.1 Å². The van der Waals surface area contributed by atoms with Crippen molar-refractivity contribution in [1.29, 1.82) is 0 Å². The molecule has 27 heavy (non-hydrogen) atoms. The minimum Gasteiger partial charge on any atom is -0.367 e. The molecule has 4 nitrogen and oxygen atoms in total. The molecule has 3 aromatic rings. The van der Waals surface area contributed by atoms with Gasteiger partial charge in [-0.2, -0.15) is 0 Å². The van der Waals surface area contributed by atoms with Crippen molar-refractivity contribution < 1.29 is 4.39 Å². The highest BCUT2D eigenvalue weighted by Gasteiger charge is 2.19. The maximum Gasteiger partial charge on any atom is 0.147 e. The zero-order valence-electron chi connectivity index (χ0n) is 15.3. The van der Waals surface area contributed by atoms with Crippen LogP contribution < -0.4 is 4.90 Å². The second-order valence-corrected chi connectivity index (χ2v) is 7.79. The van der Waals surface area contributed by atoms with E-state index in [9.17, 15) is 4.39 Å². The van der Waals surface area contributed by atoms with Crippen LogP contribution in [-0.4, -0.2) is 47.6 Å². The SMILES string of the molecule is CCCN1CCN(c2ccc(-c3ncnc4ccc(Br)cc34)cc2F)CC1. The van der Waals surface area contributed by atoms with Crippen molar-refractivity contribution in [3.8, 4) is 11.3 Å². The number of hydrogen-bond acceptors (Lipinski definition) is 4. The summed E-state index contributed by atoms with van der Waals surface area (Å²) in [6, 6.07) is 11.3. The van der Waals surface area contributed by atoms with E-state index in [2.05, 4.69) is 42.6 Å². The molecule has 2 heterocycles. The van der Waals surface area contributed by atoms with Crippen LogP contribution in [0.25, 0.3) is 22.2 Å². The van der Waals surface area contributed by atoms with Gasteiger partial charge in [0.2, 0.25) is 0 Å². The lowest BCUT2D eigenvalue weighted by molar-refractivity contribution is 0.258. The fourth-order valence-corrected chi connectivity index (χ4v) is 4.06. The van der Waals surface area contributed by atoms with Crippen LogP contribution in [0.5, 0.6) is 0 Å². The molecule has 0 N–H and O–H groups in total. The Morgan fingerprint density at radius 1 is 1.04 bits per heavy atom. The Labute approximate surface area is 167 Å². The van der Waals surface area contributed by atoms with Gasteiger partial charge in [-0.1, -0.05) is 28.9 Å². The molecule has 1 fully saturated rings. The van der Waals surface area contributed by atoms with E-state index in [4.69, 9.17) is 0 Å². The smallest absolute Gasteiger partial charge is 0.147 e. The van der Waals surface area contributed by atoms with Gasteiger partial charge in [-0.3, -0.25) is 4.90 Å². The molecule has 0 bridgehead atoms. The number of benzene rings is 2. The van der Waals surface area contributed by atoms with Gasteiger partial charge in [-0.15, -0.1) is 0 Å². The minimum atomic E-state index is -0.196. The molecule has 0 radical (unpaired) electrons. The average Bonchev–Trinajstić information content (AvgIpc) is 2.68. The predicted molar refractivity (Wildman–Crippen MR) is 112 cm³/mol. The van der Waals surface area contributed by atoms with E-state index in [1.165, 1.54) is 6.33 Å². The van der Waals surface area contributed by atoms with Gasteiger partial charge in [0.25, 0.3) is 0 Å². The van der Waals surface area contributed by atoms with Crippen molar-refractivity contribution in [2.45, 2.75) is 13.3 Å². The number of anilines is 1. The largest absolute Gasteiger partial charge is 0.367 e. The van der Waals surface area contributed by atoms with Gasteiger partial charge in [0.15, 0.2) is 0 Å². The second kappa shape index (κ2) is 7.90. The quantitative estimate of drug-likeness (QED) is 0.600. The first kappa shape index (κ1) is 18.3. The molecule has 1 aliphatic rings. The summed E-state index contributed by atoms with van der Waals surface area (Å²) in [5.74, 6) is -0.196. The van der Waals surface area contributed by atoms with Crippen LogP contribution >= 0.6 is 15.9 Å². The van der Waals surface area contributed by atoms with Gasteiger partial charge >= 0.3 is 0 Å².